The van der Waals surface area contributed by atoms with Crippen molar-refractivity contribution in [2.45, 2.75) is 46.1 Å². The molecule has 1 aliphatic heterocycles. The summed E-state index contributed by atoms with van der Waals surface area (Å²) in [7, 11) is 1.64. The van der Waals surface area contributed by atoms with E-state index >= 15 is 0 Å². The first-order valence-electron chi connectivity index (χ1n) is 13.9. The number of aromatic hydroxyl groups is 1. The number of rotatable bonds is 22. The van der Waals surface area contributed by atoms with Crippen LogP contribution < -0.4 is 4.74 Å². The number of ether oxygens (including phenoxy) is 9. The van der Waals surface area contributed by atoms with E-state index in [-0.39, 0.29) is 13.2 Å². The number of esters is 1. The van der Waals surface area contributed by atoms with Gasteiger partial charge in [0, 0.05) is 19.1 Å². The van der Waals surface area contributed by atoms with Crippen molar-refractivity contribution in [2.75, 3.05) is 99.6 Å². The number of methoxy groups -OCH3 is 1. The predicted molar refractivity (Wildman–Crippen MR) is 147 cm³/mol. The van der Waals surface area contributed by atoms with Gasteiger partial charge in [0.2, 0.25) is 5.60 Å². The molecule has 0 bridgehead atoms. The molecule has 0 saturated carbocycles. The summed E-state index contributed by atoms with van der Waals surface area (Å²) < 4.78 is 49.0. The lowest BCUT2D eigenvalue weighted by molar-refractivity contribution is -0.164. The summed E-state index contributed by atoms with van der Waals surface area (Å²) in [6, 6.07) is 0. The van der Waals surface area contributed by atoms with Gasteiger partial charge in [-0.1, -0.05) is 0 Å². The second kappa shape index (κ2) is 19.2. The van der Waals surface area contributed by atoms with Crippen LogP contribution in [0.3, 0.4) is 0 Å². The third-order valence-electron chi connectivity index (χ3n) is 6.70. The minimum absolute atomic E-state index is 0.133. The first-order chi connectivity index (χ1) is 19.3. The Labute approximate surface area is 238 Å². The number of hydrogen-bond donors (Lipinski definition) is 1. The average Bonchev–Trinajstić information content (AvgIpc) is 2.95. The lowest BCUT2D eigenvalue weighted by Crippen LogP contribution is -2.46. The Kier molecular flexibility index (Phi) is 16.4. The summed E-state index contributed by atoms with van der Waals surface area (Å²) in [5.74, 6) is 0.543. The Morgan fingerprint density at radius 2 is 1.12 bits per heavy atom. The SMILES string of the molecule is COCCOCCOCCOCCOCCOCCOCCOC(=O)[C@@]1(C)CCc2c(C)c(O)c(C)c(C)c2O1. The van der Waals surface area contributed by atoms with Crippen LogP contribution in [0.2, 0.25) is 0 Å². The van der Waals surface area contributed by atoms with Crippen molar-refractivity contribution in [1.82, 2.24) is 0 Å². The number of hydrogen-bond acceptors (Lipinski definition) is 11. The summed E-state index contributed by atoms with van der Waals surface area (Å²) in [5.41, 5.74) is 2.29. The molecular formula is C29H48O11. The van der Waals surface area contributed by atoms with Crippen molar-refractivity contribution in [3.63, 3.8) is 0 Å². The Balaban J connectivity index is 1.42. The van der Waals surface area contributed by atoms with E-state index in [2.05, 4.69) is 0 Å². The number of fused-ring (bicyclic) bond motifs is 1. The van der Waals surface area contributed by atoms with Crippen molar-refractivity contribution in [3.8, 4) is 11.5 Å². The Hall–Kier alpha value is -1.99. The molecule has 2 rings (SSSR count). The minimum Gasteiger partial charge on any atom is -0.507 e. The van der Waals surface area contributed by atoms with Crippen LogP contribution in [0, 0.1) is 20.8 Å². The molecule has 11 nitrogen and oxygen atoms in total. The van der Waals surface area contributed by atoms with E-state index in [1.165, 1.54) is 0 Å². The van der Waals surface area contributed by atoms with E-state index in [0.29, 0.717) is 104 Å². The highest BCUT2D eigenvalue weighted by atomic mass is 16.6. The topological polar surface area (TPSA) is 120 Å². The Bertz CT molecular complexity index is 876. The van der Waals surface area contributed by atoms with Crippen molar-refractivity contribution in [1.29, 1.82) is 0 Å². The van der Waals surface area contributed by atoms with Gasteiger partial charge in [-0.3, -0.25) is 0 Å². The molecule has 0 saturated heterocycles. The zero-order chi connectivity index (χ0) is 29.2. The normalized spacial score (nSPS) is 16.5. The molecule has 1 N–H and O–H groups in total. The third kappa shape index (κ3) is 11.5. The second-order valence-corrected chi connectivity index (χ2v) is 9.67. The standard InChI is InChI=1S/C29H48O11/c1-22-23(2)27-25(24(3)26(22)30)6-7-29(4,40-27)28(31)39-21-20-38-19-18-37-17-16-36-15-14-35-13-12-34-11-10-33-9-8-32-5/h30H,6-21H2,1-5H3/t29-/m1/s1. The lowest BCUT2D eigenvalue weighted by atomic mass is 9.87. The van der Waals surface area contributed by atoms with Gasteiger partial charge in [-0.25, -0.2) is 4.79 Å². The van der Waals surface area contributed by atoms with Crippen molar-refractivity contribution >= 4 is 5.97 Å². The first-order valence-corrected chi connectivity index (χ1v) is 13.9. The van der Waals surface area contributed by atoms with Gasteiger partial charge < -0.3 is 47.7 Å². The quantitative estimate of drug-likeness (QED) is 0.163. The van der Waals surface area contributed by atoms with Crippen LogP contribution in [0.5, 0.6) is 11.5 Å². The van der Waals surface area contributed by atoms with Crippen LogP contribution in [0.15, 0.2) is 0 Å². The highest BCUT2D eigenvalue weighted by molar-refractivity contribution is 5.80. The zero-order valence-electron chi connectivity index (χ0n) is 24.8. The maximum Gasteiger partial charge on any atom is 0.350 e. The van der Waals surface area contributed by atoms with E-state index in [9.17, 15) is 9.90 Å². The van der Waals surface area contributed by atoms with Crippen molar-refractivity contribution < 1.29 is 52.5 Å². The molecule has 1 heterocycles. The van der Waals surface area contributed by atoms with Crippen LogP contribution >= 0.6 is 0 Å². The van der Waals surface area contributed by atoms with E-state index in [4.69, 9.17) is 42.6 Å². The molecule has 0 spiro atoms. The van der Waals surface area contributed by atoms with Crippen molar-refractivity contribution in [3.05, 3.63) is 22.3 Å². The van der Waals surface area contributed by atoms with Gasteiger partial charge in [-0.2, -0.15) is 0 Å². The fourth-order valence-electron chi connectivity index (χ4n) is 4.08. The van der Waals surface area contributed by atoms with E-state index in [1.54, 1.807) is 14.0 Å². The molecule has 1 atom stereocenters. The lowest BCUT2D eigenvalue weighted by Gasteiger charge is -2.35. The Morgan fingerprint density at radius 1 is 0.700 bits per heavy atom. The maximum atomic E-state index is 12.8. The molecule has 1 aromatic rings. The molecule has 1 aromatic carbocycles. The highest BCUT2D eigenvalue weighted by Crippen LogP contribution is 2.43. The molecule has 0 aliphatic carbocycles. The molecule has 1 aliphatic rings. The van der Waals surface area contributed by atoms with Gasteiger partial charge in [0.05, 0.1) is 85.9 Å². The molecule has 230 valence electrons. The smallest absolute Gasteiger partial charge is 0.350 e. The fraction of sp³-hybridized carbons (Fsp3) is 0.759. The average molecular weight is 573 g/mol. The summed E-state index contributed by atoms with van der Waals surface area (Å²) >= 11 is 0. The molecule has 11 heteroatoms. The van der Waals surface area contributed by atoms with Crippen molar-refractivity contribution in [2.24, 2.45) is 0 Å². The predicted octanol–water partition coefficient (Wildman–Crippen LogP) is 2.69. The maximum absolute atomic E-state index is 12.8. The number of phenolic OH excluding ortho intramolecular Hbond substituents is 1. The molecule has 0 radical (unpaired) electrons. The van der Waals surface area contributed by atoms with Gasteiger partial charge in [0.25, 0.3) is 0 Å². The summed E-state index contributed by atoms with van der Waals surface area (Å²) in [6.07, 6.45) is 1.11. The summed E-state index contributed by atoms with van der Waals surface area (Å²) in [4.78, 5) is 12.8. The summed E-state index contributed by atoms with van der Waals surface area (Å²) in [5, 5.41) is 10.3. The van der Waals surface area contributed by atoms with E-state index in [1.807, 2.05) is 20.8 Å². The third-order valence-corrected chi connectivity index (χ3v) is 6.70. The van der Waals surface area contributed by atoms with Crippen LogP contribution in [-0.2, 0) is 49.1 Å². The van der Waals surface area contributed by atoms with E-state index < -0.39 is 11.6 Å². The number of carbonyl (C=O) groups is 1. The number of carbonyl (C=O) groups excluding carboxylic acids is 1. The van der Waals surface area contributed by atoms with Crippen LogP contribution in [0.25, 0.3) is 0 Å². The molecular weight excluding hydrogens is 524 g/mol. The molecule has 0 amide bonds. The molecule has 0 aromatic heterocycles. The molecule has 0 fully saturated rings. The number of phenols is 1. The van der Waals surface area contributed by atoms with Gasteiger partial charge in [-0.05, 0) is 50.8 Å². The van der Waals surface area contributed by atoms with Crippen LogP contribution in [0.1, 0.15) is 35.6 Å². The fourth-order valence-corrected chi connectivity index (χ4v) is 4.08. The molecule has 0 unspecified atom stereocenters. The number of benzene rings is 1. The van der Waals surface area contributed by atoms with Crippen LogP contribution in [-0.4, -0.2) is 116 Å². The van der Waals surface area contributed by atoms with E-state index in [0.717, 1.165) is 22.3 Å². The zero-order valence-corrected chi connectivity index (χ0v) is 24.8. The van der Waals surface area contributed by atoms with Gasteiger partial charge in [0.1, 0.15) is 18.1 Å². The largest absolute Gasteiger partial charge is 0.507 e. The van der Waals surface area contributed by atoms with Gasteiger partial charge in [-0.15, -0.1) is 0 Å². The highest BCUT2D eigenvalue weighted by Gasteiger charge is 2.42. The summed E-state index contributed by atoms with van der Waals surface area (Å²) in [6.45, 7) is 13.7. The van der Waals surface area contributed by atoms with Crippen LogP contribution in [0.4, 0.5) is 0 Å². The minimum atomic E-state index is -1.07. The van der Waals surface area contributed by atoms with Gasteiger partial charge >= 0.3 is 5.97 Å². The second-order valence-electron chi connectivity index (χ2n) is 9.67. The molecule has 40 heavy (non-hydrogen) atoms. The Morgan fingerprint density at radius 3 is 1.57 bits per heavy atom. The first kappa shape index (κ1) is 34.2. The monoisotopic (exact) mass is 572 g/mol. The van der Waals surface area contributed by atoms with Gasteiger partial charge in [0.15, 0.2) is 0 Å².